The molecule has 2 saturated carbocycles. The van der Waals surface area contributed by atoms with Crippen LogP contribution in [0, 0.1) is 0 Å². The zero-order valence-corrected chi connectivity index (χ0v) is 22.8. The van der Waals surface area contributed by atoms with Crippen molar-refractivity contribution in [3.05, 3.63) is 48.7 Å². The number of fused-ring (bicyclic) bond motifs is 1. The normalized spacial score (nSPS) is 21.3. The first kappa shape index (κ1) is 26.3. The second-order valence-electron chi connectivity index (χ2n) is 10.6. The predicted octanol–water partition coefficient (Wildman–Crippen LogP) is 1.97. The molecule has 3 atom stereocenters. The number of anilines is 2. The minimum atomic E-state index is -3.49. The van der Waals surface area contributed by atoms with E-state index >= 15 is 0 Å². The first-order valence-electron chi connectivity index (χ1n) is 13.2. The van der Waals surface area contributed by atoms with Crippen LogP contribution in [0.1, 0.15) is 55.9 Å². The number of nitrogens with one attached hydrogen (secondary N) is 2. The lowest BCUT2D eigenvalue weighted by Gasteiger charge is -2.11. The molecule has 0 aromatic carbocycles. The van der Waals surface area contributed by atoms with Crippen LogP contribution in [0.2, 0.25) is 0 Å². The first-order valence-corrected chi connectivity index (χ1v) is 14.7. The Morgan fingerprint density at radius 2 is 1.82 bits per heavy atom. The maximum absolute atomic E-state index is 13.1. The van der Waals surface area contributed by atoms with Gasteiger partial charge >= 0.3 is 0 Å². The number of rotatable bonds is 8. The molecule has 6 rings (SSSR count). The van der Waals surface area contributed by atoms with E-state index in [-0.39, 0.29) is 23.2 Å². The number of carbonyl (C=O) groups is 1. The number of aromatic nitrogens is 6. The van der Waals surface area contributed by atoms with Crippen LogP contribution in [-0.2, 0) is 10.0 Å². The number of nitrogens with zero attached hydrogens (tertiary/aromatic N) is 6. The summed E-state index contributed by atoms with van der Waals surface area (Å²) in [6.45, 7) is 4.03. The van der Waals surface area contributed by atoms with Crippen molar-refractivity contribution in [2.45, 2.75) is 69.1 Å². The third-order valence-electron chi connectivity index (χ3n) is 7.29. The smallest absolute Gasteiger partial charge is 0.256 e. The molecule has 0 saturated heterocycles. The highest BCUT2D eigenvalue weighted by molar-refractivity contribution is 7.90. The quantitative estimate of drug-likeness (QED) is 0.246. The van der Waals surface area contributed by atoms with E-state index < -0.39 is 22.2 Å². The molecule has 0 spiro atoms. The van der Waals surface area contributed by atoms with Crippen molar-refractivity contribution >= 4 is 38.5 Å². The number of amides is 1. The fourth-order valence-electron chi connectivity index (χ4n) is 4.97. The second kappa shape index (κ2) is 9.94. The fourth-order valence-corrected chi connectivity index (χ4v) is 6.45. The number of pyridine rings is 1. The number of hydrogen-bond acceptors (Lipinski definition) is 10. The molecule has 13 nitrogen and oxygen atoms in total. The highest BCUT2D eigenvalue weighted by Crippen LogP contribution is 2.31. The largest absolute Gasteiger partial charge is 0.390 e. The summed E-state index contributed by atoms with van der Waals surface area (Å²) in [4.78, 5) is 26.4. The Morgan fingerprint density at radius 1 is 1.07 bits per heavy atom. The highest BCUT2D eigenvalue weighted by atomic mass is 32.2. The van der Waals surface area contributed by atoms with Gasteiger partial charge in [-0.15, -0.1) is 0 Å². The van der Waals surface area contributed by atoms with Gasteiger partial charge in [-0.05, 0) is 45.6 Å². The highest BCUT2D eigenvalue weighted by Gasteiger charge is 2.38. The van der Waals surface area contributed by atoms with Crippen LogP contribution in [0.3, 0.4) is 0 Å². The maximum Gasteiger partial charge on any atom is 0.256 e. The molecule has 1 amide bonds. The van der Waals surface area contributed by atoms with Gasteiger partial charge in [0.25, 0.3) is 15.9 Å². The van der Waals surface area contributed by atoms with E-state index in [9.17, 15) is 23.4 Å². The fraction of sp³-hybridized carbons (Fsp3) is 0.423. The van der Waals surface area contributed by atoms with Gasteiger partial charge in [-0.1, -0.05) is 0 Å². The molecule has 4 N–H and O–H groups in total. The molecule has 14 heteroatoms. The SMILES string of the molecule is CC(C)n1cc(C(=O)NC2C[C@@H](O)[C@@H](O)C2)c2cnc(Nc3ccnc(-c4cnn(S(=O)(=O)C5CC5)c4)n3)cc21. The summed E-state index contributed by atoms with van der Waals surface area (Å²) in [5.41, 5.74) is 1.73. The predicted molar refractivity (Wildman–Crippen MR) is 146 cm³/mol. The Bertz CT molecular complexity index is 1680. The molecular formula is C26H30N8O5S. The van der Waals surface area contributed by atoms with Gasteiger partial charge in [0.05, 0.1) is 46.5 Å². The standard InChI is InChI=1S/C26H30N8O5S/c1-14(2)33-13-19(26(37)30-16-7-21(35)22(36)8-16)18-11-28-24(9-20(18)33)31-23-5-6-27-25(32-23)15-10-29-34(12-15)40(38,39)17-3-4-17/h5-6,9-14,16-17,21-22,35-36H,3-4,7-8H2,1-2H3,(H,30,37)(H,27,28,31,32)/t16?,21-,22+. The summed E-state index contributed by atoms with van der Waals surface area (Å²) in [5, 5.41) is 30.0. The van der Waals surface area contributed by atoms with E-state index in [1.54, 1.807) is 24.7 Å². The number of carbonyl (C=O) groups excluding carboxylic acids is 1. The maximum atomic E-state index is 13.1. The van der Waals surface area contributed by atoms with E-state index in [4.69, 9.17) is 0 Å². The molecule has 4 aromatic heterocycles. The van der Waals surface area contributed by atoms with Crippen LogP contribution < -0.4 is 10.6 Å². The van der Waals surface area contributed by atoms with Crippen LogP contribution in [0.25, 0.3) is 22.3 Å². The van der Waals surface area contributed by atoms with Crippen molar-refractivity contribution < 1.29 is 23.4 Å². The Kier molecular flexibility index (Phi) is 6.55. The minimum absolute atomic E-state index is 0.0588. The first-order chi connectivity index (χ1) is 19.1. The van der Waals surface area contributed by atoms with Crippen LogP contribution in [0.4, 0.5) is 11.6 Å². The zero-order chi connectivity index (χ0) is 28.2. The lowest BCUT2D eigenvalue weighted by atomic mass is 10.1. The third kappa shape index (κ3) is 4.93. The molecule has 1 unspecified atom stereocenters. The van der Waals surface area contributed by atoms with Crippen molar-refractivity contribution in [2.24, 2.45) is 0 Å². The van der Waals surface area contributed by atoms with Gasteiger partial charge in [0.2, 0.25) is 0 Å². The Balaban J connectivity index is 1.24. The van der Waals surface area contributed by atoms with Crippen LogP contribution in [0.5, 0.6) is 0 Å². The van der Waals surface area contributed by atoms with Gasteiger partial charge < -0.3 is 25.4 Å². The van der Waals surface area contributed by atoms with E-state index in [1.165, 1.54) is 12.4 Å². The lowest BCUT2D eigenvalue weighted by Crippen LogP contribution is -2.33. The van der Waals surface area contributed by atoms with Crippen LogP contribution in [-0.4, -0.2) is 76.7 Å². The van der Waals surface area contributed by atoms with Crippen molar-refractivity contribution in [2.75, 3.05) is 5.32 Å². The van der Waals surface area contributed by atoms with E-state index in [2.05, 4.69) is 30.7 Å². The lowest BCUT2D eigenvalue weighted by molar-refractivity contribution is 0.0438. The third-order valence-corrected chi connectivity index (χ3v) is 9.32. The zero-order valence-electron chi connectivity index (χ0n) is 22.0. The minimum Gasteiger partial charge on any atom is -0.390 e. The summed E-state index contributed by atoms with van der Waals surface area (Å²) in [6, 6.07) is 3.25. The molecule has 0 radical (unpaired) electrons. The summed E-state index contributed by atoms with van der Waals surface area (Å²) in [5.74, 6) is 0.977. The van der Waals surface area contributed by atoms with Gasteiger partial charge in [0.15, 0.2) is 5.82 Å². The number of aliphatic hydroxyl groups excluding tert-OH is 2. The second-order valence-corrected chi connectivity index (χ2v) is 12.7. The average molecular weight is 567 g/mol. The van der Waals surface area contributed by atoms with Gasteiger partial charge in [-0.2, -0.15) is 9.19 Å². The molecule has 210 valence electrons. The summed E-state index contributed by atoms with van der Waals surface area (Å²) >= 11 is 0. The number of aliphatic hydroxyl groups is 2. The van der Waals surface area contributed by atoms with Gasteiger partial charge in [-0.25, -0.2) is 23.4 Å². The van der Waals surface area contributed by atoms with Gasteiger partial charge in [-0.3, -0.25) is 4.79 Å². The summed E-state index contributed by atoms with van der Waals surface area (Å²) in [6.07, 6.45) is 8.04. The average Bonchev–Trinajstić information content (AvgIpc) is 3.40. The van der Waals surface area contributed by atoms with Gasteiger partial charge in [0, 0.05) is 42.1 Å². The molecule has 2 aliphatic rings. The van der Waals surface area contributed by atoms with Crippen LogP contribution >= 0.6 is 0 Å². The Labute approximate surface area is 230 Å². The van der Waals surface area contributed by atoms with E-state index in [0.717, 1.165) is 9.60 Å². The molecule has 4 aromatic rings. The molecule has 0 aliphatic heterocycles. The monoisotopic (exact) mass is 566 g/mol. The van der Waals surface area contributed by atoms with Crippen molar-refractivity contribution in [3.63, 3.8) is 0 Å². The Hall–Kier alpha value is -3.88. The summed E-state index contributed by atoms with van der Waals surface area (Å²) < 4.78 is 27.9. The van der Waals surface area contributed by atoms with E-state index in [1.807, 2.05) is 24.5 Å². The molecular weight excluding hydrogens is 536 g/mol. The molecule has 2 aliphatic carbocycles. The number of hydrogen-bond donors (Lipinski definition) is 4. The Morgan fingerprint density at radius 3 is 2.52 bits per heavy atom. The van der Waals surface area contributed by atoms with Crippen molar-refractivity contribution in [1.29, 1.82) is 0 Å². The van der Waals surface area contributed by atoms with Crippen molar-refractivity contribution in [3.8, 4) is 11.4 Å². The molecule has 4 heterocycles. The summed E-state index contributed by atoms with van der Waals surface area (Å²) in [7, 11) is -3.49. The molecule has 0 bridgehead atoms. The van der Waals surface area contributed by atoms with E-state index in [0.29, 0.717) is 59.7 Å². The van der Waals surface area contributed by atoms with Crippen LogP contribution in [0.15, 0.2) is 43.1 Å². The van der Waals surface area contributed by atoms with Crippen molar-refractivity contribution in [1.82, 2.24) is 34.0 Å². The van der Waals surface area contributed by atoms with Gasteiger partial charge in [0.1, 0.15) is 11.6 Å². The topological polar surface area (TPSA) is 177 Å². The molecule has 40 heavy (non-hydrogen) atoms. The molecule has 2 fully saturated rings.